The predicted molar refractivity (Wildman–Crippen MR) is 127 cm³/mol. The lowest BCUT2D eigenvalue weighted by atomic mass is 10.2. The first-order chi connectivity index (χ1) is 14.5. The van der Waals surface area contributed by atoms with Crippen LogP contribution in [-0.4, -0.2) is 40.6 Å². The molecule has 0 amide bonds. The van der Waals surface area contributed by atoms with E-state index in [4.69, 9.17) is 0 Å². The Hall–Kier alpha value is -2.15. The van der Waals surface area contributed by atoms with Gasteiger partial charge in [0.2, 0.25) is 0 Å². The van der Waals surface area contributed by atoms with Crippen molar-refractivity contribution in [2.45, 2.75) is 25.6 Å². The third-order valence-electron chi connectivity index (χ3n) is 4.34. The van der Waals surface area contributed by atoms with Crippen LogP contribution in [0.15, 0.2) is 53.1 Å². The number of benzene rings is 1. The molecular weight excluding hydrogens is 540 g/mol. The van der Waals surface area contributed by atoms with Gasteiger partial charge in [-0.15, -0.1) is 35.3 Å². The summed E-state index contributed by atoms with van der Waals surface area (Å²) in [7, 11) is 1.65. The molecule has 31 heavy (non-hydrogen) atoms. The minimum Gasteiger partial charge on any atom is -0.356 e. The third kappa shape index (κ3) is 7.80. The summed E-state index contributed by atoms with van der Waals surface area (Å²) in [6, 6.07) is 10.2. The number of halogens is 4. The van der Waals surface area contributed by atoms with Crippen molar-refractivity contribution in [1.82, 2.24) is 25.2 Å². The van der Waals surface area contributed by atoms with E-state index in [1.807, 2.05) is 24.4 Å². The molecule has 0 atom stereocenters. The molecule has 0 saturated heterocycles. The predicted octanol–water partition coefficient (Wildman–Crippen LogP) is 3.97. The highest BCUT2D eigenvalue weighted by Crippen LogP contribution is 2.29. The zero-order chi connectivity index (χ0) is 21.4. The Labute approximate surface area is 200 Å². The van der Waals surface area contributed by atoms with Crippen molar-refractivity contribution in [2.75, 3.05) is 20.1 Å². The van der Waals surface area contributed by atoms with Crippen molar-refractivity contribution in [3.63, 3.8) is 0 Å². The first-order valence-electron chi connectivity index (χ1n) is 9.46. The van der Waals surface area contributed by atoms with Crippen LogP contribution in [-0.2, 0) is 25.6 Å². The normalized spacial score (nSPS) is 11.8. The van der Waals surface area contributed by atoms with Gasteiger partial charge >= 0.3 is 6.18 Å². The van der Waals surface area contributed by atoms with Crippen molar-refractivity contribution < 1.29 is 13.2 Å². The maximum atomic E-state index is 12.6. The molecule has 0 aliphatic carbocycles. The number of imidazole rings is 1. The first-order valence-corrected chi connectivity index (χ1v) is 10.3. The highest BCUT2D eigenvalue weighted by Gasteiger charge is 2.33. The lowest BCUT2D eigenvalue weighted by molar-refractivity contribution is -0.140. The summed E-state index contributed by atoms with van der Waals surface area (Å²) >= 11 is 1.01. The quantitative estimate of drug-likeness (QED) is 0.247. The van der Waals surface area contributed by atoms with E-state index < -0.39 is 11.9 Å². The van der Waals surface area contributed by atoms with Crippen LogP contribution in [0.2, 0.25) is 0 Å². The van der Waals surface area contributed by atoms with E-state index in [0.717, 1.165) is 29.1 Å². The minimum atomic E-state index is -4.40. The zero-order valence-electron chi connectivity index (χ0n) is 16.9. The Balaban J connectivity index is 0.00000341. The standard InChI is InChI=1S/C20H23F3N6S.HI/c1-24-19(27-10-8-18-28-16(14-30-18)20(21,22)23)26-9-7-17-25-11-12-29(17)13-15-5-3-2-4-6-15;/h2-6,11-12,14H,7-10,13H2,1H3,(H2,24,26,27);1H. The van der Waals surface area contributed by atoms with Crippen LogP contribution in [0.25, 0.3) is 0 Å². The van der Waals surface area contributed by atoms with E-state index in [0.29, 0.717) is 36.9 Å². The van der Waals surface area contributed by atoms with Gasteiger partial charge in [-0.25, -0.2) is 9.97 Å². The first kappa shape index (κ1) is 25.1. The fourth-order valence-corrected chi connectivity index (χ4v) is 3.65. The number of guanidine groups is 1. The molecule has 2 N–H and O–H groups in total. The Morgan fingerprint density at radius 3 is 2.48 bits per heavy atom. The van der Waals surface area contributed by atoms with E-state index in [2.05, 4.69) is 42.3 Å². The van der Waals surface area contributed by atoms with Gasteiger partial charge < -0.3 is 15.2 Å². The summed E-state index contributed by atoms with van der Waals surface area (Å²) in [5.74, 6) is 1.55. The van der Waals surface area contributed by atoms with Gasteiger partial charge in [0.1, 0.15) is 5.82 Å². The summed E-state index contributed by atoms with van der Waals surface area (Å²) in [6.07, 6.45) is 0.448. The van der Waals surface area contributed by atoms with Crippen LogP contribution in [0, 0.1) is 0 Å². The van der Waals surface area contributed by atoms with Gasteiger partial charge in [-0.1, -0.05) is 30.3 Å². The summed E-state index contributed by atoms with van der Waals surface area (Å²) < 4.78 is 39.9. The Kier molecular flexibility index (Phi) is 9.75. The van der Waals surface area contributed by atoms with Gasteiger partial charge in [0, 0.05) is 57.3 Å². The SMILES string of the molecule is CN=C(NCCc1nc(C(F)(F)F)cs1)NCCc1nccn1Cc1ccccc1.I. The maximum absolute atomic E-state index is 12.6. The molecule has 1 aromatic carbocycles. The number of hydrogen-bond acceptors (Lipinski definition) is 4. The van der Waals surface area contributed by atoms with E-state index in [9.17, 15) is 13.2 Å². The second-order valence-electron chi connectivity index (χ2n) is 6.51. The highest BCUT2D eigenvalue weighted by atomic mass is 127. The van der Waals surface area contributed by atoms with Crippen molar-refractivity contribution >= 4 is 41.3 Å². The van der Waals surface area contributed by atoms with Gasteiger partial charge in [-0.2, -0.15) is 13.2 Å². The van der Waals surface area contributed by atoms with Crippen LogP contribution >= 0.6 is 35.3 Å². The van der Waals surface area contributed by atoms with E-state index >= 15 is 0 Å². The van der Waals surface area contributed by atoms with Crippen LogP contribution in [0.1, 0.15) is 22.1 Å². The minimum absolute atomic E-state index is 0. The van der Waals surface area contributed by atoms with Gasteiger partial charge in [-0.05, 0) is 5.56 Å². The average Bonchev–Trinajstić information content (AvgIpc) is 3.37. The molecule has 0 bridgehead atoms. The Morgan fingerprint density at radius 2 is 1.84 bits per heavy atom. The smallest absolute Gasteiger partial charge is 0.356 e. The molecule has 168 valence electrons. The fraction of sp³-hybridized carbons (Fsp3) is 0.350. The number of alkyl halides is 3. The second-order valence-corrected chi connectivity index (χ2v) is 7.45. The summed E-state index contributed by atoms with van der Waals surface area (Å²) in [4.78, 5) is 12.2. The molecule has 0 saturated carbocycles. The monoisotopic (exact) mass is 564 g/mol. The van der Waals surface area contributed by atoms with Crippen molar-refractivity contribution in [1.29, 1.82) is 0 Å². The van der Waals surface area contributed by atoms with Crippen LogP contribution in [0.5, 0.6) is 0 Å². The van der Waals surface area contributed by atoms with Crippen molar-refractivity contribution in [2.24, 2.45) is 4.99 Å². The molecule has 0 fully saturated rings. The average molecular weight is 564 g/mol. The zero-order valence-corrected chi connectivity index (χ0v) is 20.0. The number of aromatic nitrogens is 3. The molecule has 0 radical (unpaired) electrons. The molecule has 0 aliphatic rings. The number of rotatable bonds is 8. The van der Waals surface area contributed by atoms with Gasteiger partial charge in [0.15, 0.2) is 11.7 Å². The van der Waals surface area contributed by atoms with Crippen LogP contribution in [0.4, 0.5) is 13.2 Å². The summed E-state index contributed by atoms with van der Waals surface area (Å²) in [5.41, 5.74) is 0.370. The fourth-order valence-electron chi connectivity index (χ4n) is 2.85. The van der Waals surface area contributed by atoms with Crippen molar-refractivity contribution in [3.8, 4) is 0 Å². The van der Waals surface area contributed by atoms with Crippen LogP contribution in [0.3, 0.4) is 0 Å². The van der Waals surface area contributed by atoms with E-state index in [1.54, 1.807) is 13.2 Å². The molecule has 6 nitrogen and oxygen atoms in total. The molecule has 3 rings (SSSR count). The second kappa shape index (κ2) is 12.0. The molecular formula is C20H24F3IN6S. The van der Waals surface area contributed by atoms with E-state index in [1.165, 1.54) is 5.56 Å². The summed E-state index contributed by atoms with van der Waals surface area (Å²) in [6.45, 7) is 1.82. The van der Waals surface area contributed by atoms with Gasteiger partial charge in [-0.3, -0.25) is 4.99 Å². The lowest BCUT2D eigenvalue weighted by Gasteiger charge is -2.12. The number of nitrogens with zero attached hydrogens (tertiary/aromatic N) is 4. The Morgan fingerprint density at radius 1 is 1.13 bits per heavy atom. The third-order valence-corrected chi connectivity index (χ3v) is 5.24. The van der Waals surface area contributed by atoms with Gasteiger partial charge in [0.05, 0.1) is 5.01 Å². The van der Waals surface area contributed by atoms with E-state index in [-0.39, 0.29) is 24.0 Å². The molecule has 0 aliphatic heterocycles. The van der Waals surface area contributed by atoms with Gasteiger partial charge in [0.25, 0.3) is 0 Å². The number of nitrogens with one attached hydrogen (secondary N) is 2. The molecule has 0 unspecified atom stereocenters. The summed E-state index contributed by atoms with van der Waals surface area (Å²) in [5, 5.41) is 7.78. The molecule has 2 aromatic heterocycles. The molecule has 2 heterocycles. The van der Waals surface area contributed by atoms with Crippen molar-refractivity contribution in [3.05, 3.63) is 70.2 Å². The topological polar surface area (TPSA) is 67.1 Å². The number of aliphatic imine (C=N–C) groups is 1. The maximum Gasteiger partial charge on any atom is 0.434 e. The molecule has 11 heteroatoms. The number of hydrogen-bond donors (Lipinski definition) is 2. The largest absolute Gasteiger partial charge is 0.434 e. The molecule has 0 spiro atoms. The molecule has 3 aromatic rings. The number of thiazole rings is 1. The van der Waals surface area contributed by atoms with Crippen LogP contribution < -0.4 is 10.6 Å². The highest BCUT2D eigenvalue weighted by molar-refractivity contribution is 14.0. The Bertz CT molecular complexity index is 955. The lowest BCUT2D eigenvalue weighted by Crippen LogP contribution is -2.39.